The molecular weight excluding hydrogens is 358 g/mol. The van der Waals surface area contributed by atoms with Crippen molar-refractivity contribution in [2.75, 3.05) is 0 Å². The van der Waals surface area contributed by atoms with Crippen LogP contribution in [0.2, 0.25) is 0 Å². The van der Waals surface area contributed by atoms with Crippen molar-refractivity contribution < 1.29 is 48.8 Å². The Kier molecular flexibility index (Phi) is 3.57. The summed E-state index contributed by atoms with van der Waals surface area (Å²) in [5.74, 6) is -23.7. The highest BCUT2D eigenvalue weighted by atomic mass is 19.2. The molecule has 0 N–H and O–H groups in total. The van der Waals surface area contributed by atoms with Gasteiger partial charge in [0, 0.05) is 0 Å². The normalized spacial score (nSPS) is 13.0. The van der Waals surface area contributed by atoms with Gasteiger partial charge in [0.2, 0.25) is 23.3 Å². The van der Waals surface area contributed by atoms with E-state index in [-0.39, 0.29) is 0 Å². The van der Waals surface area contributed by atoms with Gasteiger partial charge >= 0.3 is 7.12 Å². The molecule has 0 aromatic heterocycles. The molecular formula is C12BF9O2. The minimum absolute atomic E-state index is 1.42. The zero-order valence-corrected chi connectivity index (χ0v) is 10.8. The van der Waals surface area contributed by atoms with Gasteiger partial charge in [0.15, 0.2) is 40.6 Å². The van der Waals surface area contributed by atoms with Gasteiger partial charge in [-0.05, 0) is 0 Å². The summed E-state index contributed by atoms with van der Waals surface area (Å²) in [6.07, 6.45) is 0. The lowest BCUT2D eigenvalue weighted by atomic mass is 9.78. The summed E-state index contributed by atoms with van der Waals surface area (Å²) in [5.41, 5.74) is -1.72. The van der Waals surface area contributed by atoms with Crippen LogP contribution in [0.3, 0.4) is 0 Å². The quantitative estimate of drug-likeness (QED) is 0.338. The van der Waals surface area contributed by atoms with Crippen LogP contribution in [0.4, 0.5) is 39.5 Å². The van der Waals surface area contributed by atoms with Gasteiger partial charge in [-0.3, -0.25) is 0 Å². The van der Waals surface area contributed by atoms with Crippen LogP contribution in [0.1, 0.15) is 0 Å². The zero-order valence-electron chi connectivity index (χ0n) is 10.8. The van der Waals surface area contributed by atoms with E-state index >= 15 is 0 Å². The molecule has 12 heteroatoms. The Morgan fingerprint density at radius 3 is 1.08 bits per heavy atom. The molecule has 2 aromatic rings. The summed E-state index contributed by atoms with van der Waals surface area (Å²) >= 11 is 0. The Hall–Kier alpha value is -2.53. The monoisotopic (exact) mass is 358 g/mol. The highest BCUT2D eigenvalue weighted by Gasteiger charge is 2.46. The standard InChI is InChI=1S/C12BF9O2/c14-2-1(3(15)5(17)6(18)4(2)16)13-23-11-9(21)7(19)8(20)10(22)12(11)24-13. The fourth-order valence-electron chi connectivity index (χ4n) is 1.99. The van der Waals surface area contributed by atoms with E-state index in [2.05, 4.69) is 9.31 Å². The van der Waals surface area contributed by atoms with E-state index in [4.69, 9.17) is 0 Å². The molecule has 2 nitrogen and oxygen atoms in total. The maximum atomic E-state index is 13.6. The third-order valence-corrected chi connectivity index (χ3v) is 3.11. The van der Waals surface area contributed by atoms with Gasteiger partial charge in [-0.25, -0.2) is 30.7 Å². The maximum Gasteiger partial charge on any atom is 0.639 e. The van der Waals surface area contributed by atoms with Crippen LogP contribution < -0.4 is 14.8 Å². The highest BCUT2D eigenvalue weighted by molar-refractivity contribution is 6.63. The second-order valence-electron chi connectivity index (χ2n) is 4.47. The fraction of sp³-hybridized carbons (Fsp3) is 0. The van der Waals surface area contributed by atoms with E-state index in [1.165, 1.54) is 0 Å². The minimum Gasteiger partial charge on any atom is -0.517 e. The minimum atomic E-state index is -2.56. The predicted octanol–water partition coefficient (Wildman–Crippen LogP) is 3.11. The van der Waals surface area contributed by atoms with Crippen molar-refractivity contribution in [3.63, 3.8) is 0 Å². The largest absolute Gasteiger partial charge is 0.639 e. The second-order valence-corrected chi connectivity index (χ2v) is 4.47. The molecule has 0 radical (unpaired) electrons. The van der Waals surface area contributed by atoms with E-state index in [0.29, 0.717) is 0 Å². The summed E-state index contributed by atoms with van der Waals surface area (Å²) in [4.78, 5) is 0. The summed E-state index contributed by atoms with van der Waals surface area (Å²) in [5, 5.41) is 0. The van der Waals surface area contributed by atoms with Gasteiger partial charge in [-0.1, -0.05) is 0 Å². The Morgan fingerprint density at radius 1 is 0.417 bits per heavy atom. The molecule has 3 rings (SSSR count). The molecule has 0 amide bonds. The van der Waals surface area contributed by atoms with E-state index in [9.17, 15) is 39.5 Å². The first-order valence-corrected chi connectivity index (χ1v) is 5.87. The molecule has 1 heterocycles. The molecule has 0 saturated carbocycles. The molecule has 126 valence electrons. The average Bonchev–Trinajstić information content (AvgIpc) is 2.99. The van der Waals surface area contributed by atoms with E-state index in [1.54, 1.807) is 0 Å². The number of halogens is 9. The van der Waals surface area contributed by atoms with Gasteiger partial charge in [0.1, 0.15) is 0 Å². The number of hydrogen-bond donors (Lipinski definition) is 0. The van der Waals surface area contributed by atoms with Gasteiger partial charge < -0.3 is 9.31 Å². The number of benzene rings is 2. The SMILES string of the molecule is Fc1c(F)c(F)c(B2Oc3c(F)c(F)c(F)c(F)c3O2)c(F)c1F. The van der Waals surface area contributed by atoms with E-state index in [1.807, 2.05) is 0 Å². The predicted molar refractivity (Wildman–Crippen MR) is 59.1 cm³/mol. The van der Waals surface area contributed by atoms with Gasteiger partial charge in [-0.15, -0.1) is 0 Å². The summed E-state index contributed by atoms with van der Waals surface area (Å²) in [6, 6.07) is 0. The maximum absolute atomic E-state index is 13.6. The van der Waals surface area contributed by atoms with Gasteiger partial charge in [0.05, 0.1) is 5.46 Å². The van der Waals surface area contributed by atoms with Gasteiger partial charge in [-0.2, -0.15) is 8.78 Å². The molecule has 0 aliphatic carbocycles. The second kappa shape index (κ2) is 5.25. The third kappa shape index (κ3) is 2.01. The fourth-order valence-corrected chi connectivity index (χ4v) is 1.99. The van der Waals surface area contributed by atoms with Crippen LogP contribution in [0.5, 0.6) is 11.5 Å². The van der Waals surface area contributed by atoms with Crippen LogP contribution in [0, 0.1) is 52.4 Å². The van der Waals surface area contributed by atoms with Crippen molar-refractivity contribution in [3.8, 4) is 11.5 Å². The van der Waals surface area contributed by atoms with Gasteiger partial charge in [0.25, 0.3) is 0 Å². The number of rotatable bonds is 1. The van der Waals surface area contributed by atoms with E-state index in [0.717, 1.165) is 0 Å². The molecule has 0 bridgehead atoms. The Morgan fingerprint density at radius 2 is 0.708 bits per heavy atom. The van der Waals surface area contributed by atoms with Crippen molar-refractivity contribution >= 4 is 12.6 Å². The van der Waals surface area contributed by atoms with Crippen molar-refractivity contribution in [2.24, 2.45) is 0 Å². The molecule has 0 atom stereocenters. The van der Waals surface area contributed by atoms with Crippen LogP contribution in [0.25, 0.3) is 0 Å². The molecule has 0 saturated heterocycles. The van der Waals surface area contributed by atoms with E-state index < -0.39 is 76.4 Å². The smallest absolute Gasteiger partial charge is 0.517 e. The third-order valence-electron chi connectivity index (χ3n) is 3.11. The van der Waals surface area contributed by atoms with Crippen LogP contribution >= 0.6 is 0 Å². The first kappa shape index (κ1) is 16.3. The number of hydrogen-bond acceptors (Lipinski definition) is 2. The molecule has 0 fully saturated rings. The van der Waals surface area contributed by atoms with Crippen molar-refractivity contribution in [2.45, 2.75) is 0 Å². The summed E-state index contributed by atoms with van der Waals surface area (Å²) in [7, 11) is -2.56. The highest BCUT2D eigenvalue weighted by Crippen LogP contribution is 2.41. The molecule has 2 aromatic carbocycles. The van der Waals surface area contributed by atoms with Crippen molar-refractivity contribution in [3.05, 3.63) is 52.4 Å². The topological polar surface area (TPSA) is 18.5 Å². The van der Waals surface area contributed by atoms with Crippen LogP contribution in [-0.2, 0) is 0 Å². The Bertz CT molecular complexity index is 820. The molecule has 0 unspecified atom stereocenters. The molecule has 1 aliphatic heterocycles. The lowest BCUT2D eigenvalue weighted by molar-refractivity contribution is 0.379. The first-order chi connectivity index (χ1) is 11.2. The molecule has 0 spiro atoms. The van der Waals surface area contributed by atoms with Crippen molar-refractivity contribution in [1.29, 1.82) is 0 Å². The van der Waals surface area contributed by atoms with Crippen molar-refractivity contribution in [1.82, 2.24) is 0 Å². The Balaban J connectivity index is 2.16. The Labute approximate surface area is 126 Å². The first-order valence-electron chi connectivity index (χ1n) is 5.87. The van der Waals surface area contributed by atoms with Crippen LogP contribution in [0.15, 0.2) is 0 Å². The van der Waals surface area contributed by atoms with Crippen LogP contribution in [-0.4, -0.2) is 7.12 Å². The lowest BCUT2D eigenvalue weighted by Gasteiger charge is -2.09. The lowest BCUT2D eigenvalue weighted by Crippen LogP contribution is -2.45. The zero-order chi connectivity index (χ0) is 17.9. The number of fused-ring (bicyclic) bond motifs is 1. The summed E-state index contributed by atoms with van der Waals surface area (Å²) < 4.78 is 128. The molecule has 1 aliphatic rings. The molecule has 24 heavy (non-hydrogen) atoms. The summed E-state index contributed by atoms with van der Waals surface area (Å²) in [6.45, 7) is 0. The average molecular weight is 358 g/mol.